The van der Waals surface area contributed by atoms with Crippen molar-refractivity contribution in [3.05, 3.63) is 23.8 Å². The van der Waals surface area contributed by atoms with Crippen molar-refractivity contribution in [1.29, 1.82) is 0 Å². The Kier molecular flexibility index (Phi) is 2.77. The third kappa shape index (κ3) is 1.77. The van der Waals surface area contributed by atoms with Crippen LogP contribution in [0.4, 0.5) is 0 Å². The summed E-state index contributed by atoms with van der Waals surface area (Å²) in [7, 11) is 0. The van der Waals surface area contributed by atoms with E-state index in [1.165, 1.54) is 12.1 Å². The van der Waals surface area contributed by atoms with E-state index < -0.39 is 0 Å². The summed E-state index contributed by atoms with van der Waals surface area (Å²) in [5, 5.41) is 3.39. The minimum atomic E-state index is 0.527. The van der Waals surface area contributed by atoms with Crippen LogP contribution in [0.15, 0.2) is 12.4 Å². The summed E-state index contributed by atoms with van der Waals surface area (Å²) in [6.45, 7) is 6.57. The maximum atomic E-state index is 4.43. The summed E-state index contributed by atoms with van der Waals surface area (Å²) in [5.41, 5.74) is 2.24. The zero-order valence-corrected chi connectivity index (χ0v) is 8.83. The highest BCUT2D eigenvalue weighted by atomic mass is 14.9. The number of nitrogens with one attached hydrogen (secondary N) is 1. The molecular formula is C11H17N3. The predicted molar refractivity (Wildman–Crippen MR) is 56.2 cm³/mol. The van der Waals surface area contributed by atoms with E-state index in [1.54, 1.807) is 12.4 Å². The largest absolute Gasteiger partial charge is 0.316 e. The smallest absolute Gasteiger partial charge is 0.0647 e. The van der Waals surface area contributed by atoms with Gasteiger partial charge in [-0.3, -0.25) is 9.97 Å². The Balaban J connectivity index is 2.17. The topological polar surface area (TPSA) is 37.8 Å². The van der Waals surface area contributed by atoms with Gasteiger partial charge in [0.05, 0.1) is 11.4 Å². The van der Waals surface area contributed by atoms with E-state index >= 15 is 0 Å². The van der Waals surface area contributed by atoms with Crippen LogP contribution in [-0.2, 0) is 0 Å². The monoisotopic (exact) mass is 191 g/mol. The first kappa shape index (κ1) is 9.59. The van der Waals surface area contributed by atoms with Gasteiger partial charge in [-0.25, -0.2) is 0 Å². The van der Waals surface area contributed by atoms with Crippen molar-refractivity contribution in [2.45, 2.75) is 26.2 Å². The fourth-order valence-corrected chi connectivity index (χ4v) is 2.19. The summed E-state index contributed by atoms with van der Waals surface area (Å²) < 4.78 is 0. The van der Waals surface area contributed by atoms with Crippen molar-refractivity contribution in [3.8, 4) is 0 Å². The Labute approximate surface area is 85.0 Å². The Morgan fingerprint density at radius 2 is 2.21 bits per heavy atom. The molecule has 1 aromatic rings. The molecule has 1 aliphatic rings. The molecule has 0 saturated carbocycles. The first-order chi connectivity index (χ1) is 6.79. The third-order valence-corrected chi connectivity index (χ3v) is 3.16. The molecule has 1 aromatic heterocycles. The normalized spacial score (nSPS) is 23.7. The van der Waals surface area contributed by atoms with Crippen LogP contribution in [0.3, 0.4) is 0 Å². The van der Waals surface area contributed by atoms with Gasteiger partial charge >= 0.3 is 0 Å². The van der Waals surface area contributed by atoms with Crippen LogP contribution in [0.2, 0.25) is 0 Å². The van der Waals surface area contributed by atoms with Crippen LogP contribution < -0.4 is 5.32 Å². The van der Waals surface area contributed by atoms with Gasteiger partial charge < -0.3 is 5.32 Å². The Hall–Kier alpha value is -0.960. The molecule has 0 spiro atoms. The van der Waals surface area contributed by atoms with Gasteiger partial charge in [-0.2, -0.15) is 0 Å². The van der Waals surface area contributed by atoms with E-state index in [0.29, 0.717) is 5.92 Å². The second kappa shape index (κ2) is 4.05. The SMILES string of the molecule is Cc1nccnc1C(C)C1CCNC1. The highest BCUT2D eigenvalue weighted by Crippen LogP contribution is 2.28. The van der Waals surface area contributed by atoms with Gasteiger partial charge in [0.15, 0.2) is 0 Å². The second-order valence-electron chi connectivity index (χ2n) is 4.07. The van der Waals surface area contributed by atoms with Crippen LogP contribution in [0.25, 0.3) is 0 Å². The summed E-state index contributed by atoms with van der Waals surface area (Å²) in [5.74, 6) is 1.25. The first-order valence-corrected chi connectivity index (χ1v) is 5.27. The van der Waals surface area contributed by atoms with E-state index in [4.69, 9.17) is 0 Å². The fraction of sp³-hybridized carbons (Fsp3) is 0.636. The van der Waals surface area contributed by atoms with Crippen LogP contribution >= 0.6 is 0 Å². The molecule has 1 N–H and O–H groups in total. The van der Waals surface area contributed by atoms with Gasteiger partial charge in [0.1, 0.15) is 0 Å². The number of hydrogen-bond acceptors (Lipinski definition) is 3. The molecule has 3 heteroatoms. The minimum absolute atomic E-state index is 0.527. The van der Waals surface area contributed by atoms with Gasteiger partial charge in [-0.15, -0.1) is 0 Å². The number of hydrogen-bond donors (Lipinski definition) is 1. The molecule has 1 fully saturated rings. The lowest BCUT2D eigenvalue weighted by atomic mass is 9.89. The van der Waals surface area contributed by atoms with E-state index in [0.717, 1.165) is 24.7 Å². The van der Waals surface area contributed by atoms with Gasteiger partial charge in [0.2, 0.25) is 0 Å². The Morgan fingerprint density at radius 3 is 2.86 bits per heavy atom. The Morgan fingerprint density at radius 1 is 1.43 bits per heavy atom. The second-order valence-corrected chi connectivity index (χ2v) is 4.07. The minimum Gasteiger partial charge on any atom is -0.316 e. The molecular weight excluding hydrogens is 174 g/mol. The van der Waals surface area contributed by atoms with Crippen molar-refractivity contribution < 1.29 is 0 Å². The van der Waals surface area contributed by atoms with E-state index in [-0.39, 0.29) is 0 Å². The van der Waals surface area contributed by atoms with Crippen LogP contribution in [-0.4, -0.2) is 23.1 Å². The molecule has 2 heterocycles. The summed E-state index contributed by atoms with van der Waals surface area (Å²) >= 11 is 0. The van der Waals surface area contributed by atoms with Gasteiger partial charge in [-0.1, -0.05) is 6.92 Å². The van der Waals surface area contributed by atoms with E-state index in [2.05, 4.69) is 22.2 Å². The van der Waals surface area contributed by atoms with Crippen LogP contribution in [0, 0.1) is 12.8 Å². The van der Waals surface area contributed by atoms with Crippen molar-refractivity contribution in [2.75, 3.05) is 13.1 Å². The summed E-state index contributed by atoms with van der Waals surface area (Å²) in [4.78, 5) is 8.72. The zero-order valence-electron chi connectivity index (χ0n) is 8.83. The maximum absolute atomic E-state index is 4.43. The molecule has 3 nitrogen and oxygen atoms in total. The number of aromatic nitrogens is 2. The molecule has 2 atom stereocenters. The van der Waals surface area contributed by atoms with Crippen molar-refractivity contribution in [2.24, 2.45) is 5.92 Å². The summed E-state index contributed by atoms with van der Waals surface area (Å²) in [6.07, 6.45) is 4.82. The van der Waals surface area contributed by atoms with Crippen molar-refractivity contribution >= 4 is 0 Å². The fourth-order valence-electron chi connectivity index (χ4n) is 2.19. The van der Waals surface area contributed by atoms with Crippen LogP contribution in [0.5, 0.6) is 0 Å². The lowest BCUT2D eigenvalue weighted by Crippen LogP contribution is -2.16. The molecule has 0 bridgehead atoms. The highest BCUT2D eigenvalue weighted by molar-refractivity contribution is 5.14. The standard InChI is InChI=1S/C11H17N3/c1-8(10-3-4-12-7-10)11-9(2)13-5-6-14-11/h5-6,8,10,12H,3-4,7H2,1-2H3. The quantitative estimate of drug-likeness (QED) is 0.769. The molecule has 1 aliphatic heterocycles. The maximum Gasteiger partial charge on any atom is 0.0647 e. The van der Waals surface area contributed by atoms with Gasteiger partial charge in [-0.05, 0) is 32.4 Å². The molecule has 0 amide bonds. The number of aryl methyl sites for hydroxylation is 1. The molecule has 0 aromatic carbocycles. The molecule has 14 heavy (non-hydrogen) atoms. The van der Waals surface area contributed by atoms with Crippen LogP contribution in [0.1, 0.15) is 30.7 Å². The molecule has 1 saturated heterocycles. The zero-order chi connectivity index (χ0) is 9.97. The highest BCUT2D eigenvalue weighted by Gasteiger charge is 2.24. The average Bonchev–Trinajstić information content (AvgIpc) is 2.70. The lowest BCUT2D eigenvalue weighted by molar-refractivity contribution is 0.475. The third-order valence-electron chi connectivity index (χ3n) is 3.16. The number of rotatable bonds is 2. The first-order valence-electron chi connectivity index (χ1n) is 5.27. The molecule has 0 radical (unpaired) electrons. The average molecular weight is 191 g/mol. The number of nitrogens with zero attached hydrogens (tertiary/aromatic N) is 2. The van der Waals surface area contributed by atoms with E-state index in [1.807, 2.05) is 6.92 Å². The molecule has 0 aliphatic carbocycles. The predicted octanol–water partition coefficient (Wildman–Crippen LogP) is 1.50. The summed E-state index contributed by atoms with van der Waals surface area (Å²) in [6, 6.07) is 0. The molecule has 76 valence electrons. The van der Waals surface area contributed by atoms with Crippen molar-refractivity contribution in [1.82, 2.24) is 15.3 Å². The lowest BCUT2D eigenvalue weighted by Gasteiger charge is -2.18. The van der Waals surface area contributed by atoms with Crippen molar-refractivity contribution in [3.63, 3.8) is 0 Å². The van der Waals surface area contributed by atoms with E-state index in [9.17, 15) is 0 Å². The van der Waals surface area contributed by atoms with Gasteiger partial charge in [0, 0.05) is 18.3 Å². The molecule has 2 rings (SSSR count). The van der Waals surface area contributed by atoms with Gasteiger partial charge in [0.25, 0.3) is 0 Å². The molecule has 2 unspecified atom stereocenters. The Bertz CT molecular complexity index is 305.